The Balaban J connectivity index is 0.000000188. The molecule has 8 nitrogen and oxygen atoms in total. The normalized spacial score (nSPS) is 14.0. The zero-order chi connectivity index (χ0) is 41.7. The molecule has 8 rings (SSSR count). The average Bonchev–Trinajstić information content (AvgIpc) is 3.44. The van der Waals surface area contributed by atoms with E-state index < -0.39 is 47.4 Å². The molecule has 0 fully saturated rings. The van der Waals surface area contributed by atoms with Gasteiger partial charge in [-0.2, -0.15) is 26.3 Å². The molecule has 1 aliphatic heterocycles. The summed E-state index contributed by atoms with van der Waals surface area (Å²) >= 11 is 12.6. The molecular weight excluding hydrogens is 805 g/mol. The van der Waals surface area contributed by atoms with Gasteiger partial charge in [0.05, 0.1) is 72.2 Å². The number of rotatable bonds is 5. The summed E-state index contributed by atoms with van der Waals surface area (Å²) in [7, 11) is 0. The number of fused-ring (bicyclic) bond motifs is 3. The number of imide groups is 1. The lowest BCUT2D eigenvalue weighted by Gasteiger charge is -2.24. The average molecular weight is 834 g/mol. The third-order valence-corrected chi connectivity index (χ3v) is 10.0. The quantitative estimate of drug-likeness (QED) is 0.136. The first-order valence-electron chi connectivity index (χ1n) is 17.4. The number of hydrogen-bond donors (Lipinski definition) is 1. The summed E-state index contributed by atoms with van der Waals surface area (Å²) in [5, 5.41) is 0.619. The fraction of sp³-hybridized carbons (Fsp3) is 0.143. The zero-order valence-electron chi connectivity index (χ0n) is 30.2. The maximum Gasteiger partial charge on any atom is 0.418 e. The van der Waals surface area contributed by atoms with Crippen molar-refractivity contribution in [3.8, 4) is 22.5 Å². The number of alkyl halides is 6. The van der Waals surface area contributed by atoms with Crippen molar-refractivity contribution in [2.24, 2.45) is 5.73 Å². The van der Waals surface area contributed by atoms with E-state index in [1.807, 2.05) is 0 Å². The molecule has 0 aliphatic carbocycles. The van der Waals surface area contributed by atoms with Gasteiger partial charge in [0.25, 0.3) is 11.8 Å². The molecule has 1 aliphatic rings. The Labute approximate surface area is 336 Å². The largest absolute Gasteiger partial charge is 0.418 e. The first-order chi connectivity index (χ1) is 27.5. The van der Waals surface area contributed by atoms with E-state index in [9.17, 15) is 35.9 Å². The fourth-order valence-corrected chi connectivity index (χ4v) is 7.08. The van der Waals surface area contributed by atoms with Crippen LogP contribution in [0.4, 0.5) is 26.3 Å². The van der Waals surface area contributed by atoms with E-state index in [1.54, 1.807) is 86.6 Å². The standard InChI is InChI=1S/C25H15ClF3N3O2.C17H13ClF3N3/c1-13(32-23(33)14-7-2-3-8-15(14)24(32)34)20-21(16-9-4-5-11-18(16)26)31-22-17(25(27,28)29)10-6-12-19(22)30-20;1-9(22)14-15(10-5-2-3-7-12(10)18)24-16-11(17(19,20)21)6-4-8-13(16)23-14/h2-13H,1H3;2-9H,22H2,1H3. The predicted octanol–water partition coefficient (Wildman–Crippen LogP) is 11.3. The highest BCUT2D eigenvalue weighted by molar-refractivity contribution is 6.33. The molecule has 2 amide bonds. The van der Waals surface area contributed by atoms with E-state index in [-0.39, 0.29) is 55.3 Å². The van der Waals surface area contributed by atoms with Crippen LogP contribution in [0.1, 0.15) is 69.2 Å². The molecule has 0 radical (unpaired) electrons. The SMILES string of the molecule is CC(N)c1nc2cccc(C(F)(F)F)c2nc1-c1ccccc1Cl.CC(c1nc2cccc(C(F)(F)F)c2nc1-c1ccccc1Cl)N1C(=O)c2ccccc2C1=O. The van der Waals surface area contributed by atoms with Crippen molar-refractivity contribution >= 4 is 57.1 Å². The van der Waals surface area contributed by atoms with Crippen LogP contribution in [0.2, 0.25) is 10.0 Å². The fourth-order valence-electron chi connectivity index (χ4n) is 6.63. The van der Waals surface area contributed by atoms with Crippen LogP contribution >= 0.6 is 23.2 Å². The Bertz CT molecular complexity index is 2720. The van der Waals surface area contributed by atoms with E-state index in [0.717, 1.165) is 17.0 Å². The van der Waals surface area contributed by atoms with Crippen molar-refractivity contribution in [3.05, 3.63) is 153 Å². The Kier molecular flexibility index (Phi) is 10.7. The summed E-state index contributed by atoms with van der Waals surface area (Å²) in [6, 6.07) is 25.6. The summed E-state index contributed by atoms with van der Waals surface area (Å²) in [4.78, 5) is 44.6. The van der Waals surface area contributed by atoms with E-state index in [1.165, 1.54) is 24.3 Å². The van der Waals surface area contributed by atoms with Gasteiger partial charge in [-0.3, -0.25) is 14.5 Å². The molecule has 0 bridgehead atoms. The second-order valence-corrected chi connectivity index (χ2v) is 14.0. The van der Waals surface area contributed by atoms with Gasteiger partial charge in [-0.05, 0) is 62.4 Å². The monoisotopic (exact) mass is 832 g/mol. The van der Waals surface area contributed by atoms with Crippen LogP contribution in [0.3, 0.4) is 0 Å². The zero-order valence-corrected chi connectivity index (χ0v) is 31.7. The first-order valence-corrected chi connectivity index (χ1v) is 18.2. The van der Waals surface area contributed by atoms with E-state index in [4.69, 9.17) is 28.9 Å². The minimum absolute atomic E-state index is 0.0101. The number of amides is 2. The number of para-hydroxylation sites is 2. The molecule has 58 heavy (non-hydrogen) atoms. The lowest BCUT2D eigenvalue weighted by Crippen LogP contribution is -2.33. The van der Waals surface area contributed by atoms with E-state index >= 15 is 0 Å². The predicted molar refractivity (Wildman–Crippen MR) is 208 cm³/mol. The molecule has 0 spiro atoms. The molecule has 3 heterocycles. The van der Waals surface area contributed by atoms with Crippen LogP contribution < -0.4 is 5.73 Å². The van der Waals surface area contributed by atoms with Crippen LogP contribution in [-0.2, 0) is 12.4 Å². The maximum atomic E-state index is 13.7. The number of halogens is 8. The van der Waals surface area contributed by atoms with Crippen molar-refractivity contribution in [1.29, 1.82) is 0 Å². The molecule has 16 heteroatoms. The van der Waals surface area contributed by atoms with Gasteiger partial charge in [0.15, 0.2) is 0 Å². The Morgan fingerprint density at radius 2 is 0.914 bits per heavy atom. The number of nitrogens with two attached hydrogens (primary N) is 1. The topological polar surface area (TPSA) is 115 Å². The number of aromatic nitrogens is 4. The minimum atomic E-state index is -4.65. The summed E-state index contributed by atoms with van der Waals surface area (Å²) in [6.45, 7) is 3.29. The van der Waals surface area contributed by atoms with Crippen molar-refractivity contribution < 1.29 is 35.9 Å². The van der Waals surface area contributed by atoms with E-state index in [0.29, 0.717) is 21.8 Å². The number of carbonyl (C=O) groups excluding carboxylic acids is 2. The highest BCUT2D eigenvalue weighted by atomic mass is 35.5. The summed E-state index contributed by atoms with van der Waals surface area (Å²) < 4.78 is 80.9. The molecule has 0 saturated heterocycles. The van der Waals surface area contributed by atoms with Gasteiger partial charge >= 0.3 is 12.4 Å². The van der Waals surface area contributed by atoms with Gasteiger partial charge in [-0.25, -0.2) is 19.9 Å². The van der Waals surface area contributed by atoms with Crippen LogP contribution in [0.5, 0.6) is 0 Å². The molecule has 5 aromatic carbocycles. The highest BCUT2D eigenvalue weighted by Crippen LogP contribution is 2.41. The van der Waals surface area contributed by atoms with Crippen LogP contribution in [0.25, 0.3) is 44.6 Å². The number of benzene rings is 5. The van der Waals surface area contributed by atoms with Crippen molar-refractivity contribution in [3.63, 3.8) is 0 Å². The Morgan fingerprint density at radius 1 is 0.534 bits per heavy atom. The van der Waals surface area contributed by atoms with Gasteiger partial charge in [0.1, 0.15) is 11.0 Å². The van der Waals surface area contributed by atoms with Crippen molar-refractivity contribution in [2.75, 3.05) is 0 Å². The van der Waals surface area contributed by atoms with Gasteiger partial charge in [-0.15, -0.1) is 0 Å². The molecule has 294 valence electrons. The van der Waals surface area contributed by atoms with Crippen LogP contribution in [0, 0.1) is 0 Å². The van der Waals surface area contributed by atoms with Gasteiger partial charge in [0, 0.05) is 17.2 Å². The maximum absolute atomic E-state index is 13.7. The Morgan fingerprint density at radius 3 is 1.31 bits per heavy atom. The third kappa shape index (κ3) is 7.46. The molecule has 0 saturated carbocycles. The van der Waals surface area contributed by atoms with Crippen molar-refractivity contribution in [2.45, 2.75) is 38.3 Å². The van der Waals surface area contributed by atoms with E-state index in [2.05, 4.69) is 19.9 Å². The summed E-state index contributed by atoms with van der Waals surface area (Å²) in [6.07, 6.45) is -9.18. The lowest BCUT2D eigenvalue weighted by atomic mass is 10.0. The molecule has 2 N–H and O–H groups in total. The molecule has 2 aromatic heterocycles. The smallest absolute Gasteiger partial charge is 0.323 e. The highest BCUT2D eigenvalue weighted by Gasteiger charge is 2.41. The van der Waals surface area contributed by atoms with Gasteiger partial charge < -0.3 is 5.73 Å². The molecule has 2 atom stereocenters. The molecule has 7 aromatic rings. The number of carbonyl (C=O) groups is 2. The van der Waals surface area contributed by atoms with Crippen LogP contribution in [-0.4, -0.2) is 36.7 Å². The summed E-state index contributed by atoms with van der Waals surface area (Å²) in [5.41, 5.74) is 5.99. The number of nitrogens with zero attached hydrogens (tertiary/aromatic N) is 5. The molecule has 2 unspecified atom stereocenters. The van der Waals surface area contributed by atoms with Gasteiger partial charge in [-0.1, -0.05) is 83.9 Å². The second kappa shape index (κ2) is 15.4. The van der Waals surface area contributed by atoms with Crippen LogP contribution in [0.15, 0.2) is 109 Å². The second-order valence-electron chi connectivity index (χ2n) is 13.2. The number of hydrogen-bond acceptors (Lipinski definition) is 7. The minimum Gasteiger partial charge on any atom is -0.323 e. The third-order valence-electron chi connectivity index (χ3n) is 9.35. The van der Waals surface area contributed by atoms with Gasteiger partial charge in [0.2, 0.25) is 0 Å². The summed E-state index contributed by atoms with van der Waals surface area (Å²) in [5.74, 6) is -1.02. The Hall–Kier alpha value is -5.96. The molecular formula is C42H28Cl2F6N6O2. The first kappa shape index (κ1) is 40.2. The lowest BCUT2D eigenvalue weighted by molar-refractivity contribution is -0.137. The van der Waals surface area contributed by atoms with Crippen molar-refractivity contribution in [1.82, 2.24) is 24.8 Å².